The number of nitrogens with one attached hydrogen (secondary N) is 1. The maximum Gasteiger partial charge on any atom is 0.337 e. The average molecular weight is 324 g/mol. The van der Waals surface area contributed by atoms with E-state index in [0.717, 1.165) is 30.8 Å². The molecule has 0 saturated heterocycles. The molecular weight excluding hydrogens is 304 g/mol. The Hall–Kier alpha value is -2.82. The quantitative estimate of drug-likeness (QED) is 0.864. The standard InChI is InChI=1S/C19H20N2O3/c1-3-4-11-21-16-8-6-5-7-14(16)18(22)20-15-12-13(19(23)24-2)9-10-17(15)21/h5-10,12H,3-4,11H2,1-2H3,(H,20,22). The van der Waals surface area contributed by atoms with E-state index >= 15 is 0 Å². The van der Waals surface area contributed by atoms with Gasteiger partial charge >= 0.3 is 5.97 Å². The molecule has 0 atom stereocenters. The predicted octanol–water partition coefficient (Wildman–Crippen LogP) is 3.98. The summed E-state index contributed by atoms with van der Waals surface area (Å²) in [7, 11) is 1.34. The summed E-state index contributed by atoms with van der Waals surface area (Å²) in [6.45, 7) is 2.93. The van der Waals surface area contributed by atoms with Crippen molar-refractivity contribution in [3.05, 3.63) is 53.6 Å². The van der Waals surface area contributed by atoms with E-state index in [-0.39, 0.29) is 5.91 Å². The first-order chi connectivity index (χ1) is 11.7. The minimum atomic E-state index is -0.422. The number of fused-ring (bicyclic) bond motifs is 2. The fourth-order valence-corrected chi connectivity index (χ4v) is 2.89. The van der Waals surface area contributed by atoms with Crippen molar-refractivity contribution >= 4 is 28.9 Å². The predicted molar refractivity (Wildman–Crippen MR) is 94.1 cm³/mol. The Kier molecular flexibility index (Phi) is 4.51. The molecular formula is C19H20N2O3. The fraction of sp³-hybridized carbons (Fsp3) is 0.263. The Morgan fingerprint density at radius 3 is 2.71 bits per heavy atom. The molecule has 0 spiro atoms. The normalized spacial score (nSPS) is 12.8. The minimum absolute atomic E-state index is 0.173. The van der Waals surface area contributed by atoms with Gasteiger partial charge in [0.05, 0.1) is 35.3 Å². The highest BCUT2D eigenvalue weighted by Crippen LogP contribution is 2.38. The van der Waals surface area contributed by atoms with E-state index in [1.165, 1.54) is 7.11 Å². The number of carbonyl (C=O) groups excluding carboxylic acids is 2. The first-order valence-corrected chi connectivity index (χ1v) is 8.06. The number of esters is 1. The van der Waals surface area contributed by atoms with Crippen molar-refractivity contribution in [3.8, 4) is 0 Å². The summed E-state index contributed by atoms with van der Waals surface area (Å²) in [5.74, 6) is -0.596. The number of ether oxygens (including phenoxy) is 1. The Balaban J connectivity index is 2.13. The second-order valence-corrected chi connectivity index (χ2v) is 5.70. The largest absolute Gasteiger partial charge is 0.465 e. The summed E-state index contributed by atoms with van der Waals surface area (Å²) in [6, 6.07) is 12.8. The van der Waals surface area contributed by atoms with Crippen LogP contribution in [0.2, 0.25) is 0 Å². The molecule has 1 N–H and O–H groups in total. The van der Waals surface area contributed by atoms with Gasteiger partial charge in [0.25, 0.3) is 5.91 Å². The zero-order valence-electron chi connectivity index (χ0n) is 13.8. The summed E-state index contributed by atoms with van der Waals surface area (Å²) >= 11 is 0. The Morgan fingerprint density at radius 2 is 1.96 bits per heavy atom. The number of methoxy groups -OCH3 is 1. The summed E-state index contributed by atoms with van der Waals surface area (Å²) in [4.78, 5) is 26.5. The molecule has 0 aliphatic carbocycles. The molecule has 1 aliphatic rings. The molecule has 124 valence electrons. The highest BCUT2D eigenvalue weighted by atomic mass is 16.5. The summed E-state index contributed by atoms with van der Waals surface area (Å²) < 4.78 is 4.77. The lowest BCUT2D eigenvalue weighted by molar-refractivity contribution is 0.0600. The minimum Gasteiger partial charge on any atom is -0.465 e. The van der Waals surface area contributed by atoms with Crippen LogP contribution in [0.5, 0.6) is 0 Å². The molecule has 1 amide bonds. The molecule has 2 aromatic rings. The van der Waals surface area contributed by atoms with Crippen LogP contribution in [-0.4, -0.2) is 25.5 Å². The van der Waals surface area contributed by atoms with Gasteiger partial charge in [-0.2, -0.15) is 0 Å². The maximum atomic E-state index is 12.6. The van der Waals surface area contributed by atoms with Gasteiger partial charge < -0.3 is 15.0 Å². The van der Waals surface area contributed by atoms with Crippen molar-refractivity contribution in [2.24, 2.45) is 0 Å². The number of anilines is 3. The van der Waals surface area contributed by atoms with E-state index in [1.807, 2.05) is 30.3 Å². The average Bonchev–Trinajstić information content (AvgIpc) is 2.73. The van der Waals surface area contributed by atoms with Crippen LogP contribution in [0.25, 0.3) is 0 Å². The van der Waals surface area contributed by atoms with E-state index in [4.69, 9.17) is 4.74 Å². The summed E-state index contributed by atoms with van der Waals surface area (Å²) in [5, 5.41) is 2.92. The van der Waals surface area contributed by atoms with E-state index < -0.39 is 5.97 Å². The molecule has 3 rings (SSSR count). The molecule has 5 heteroatoms. The van der Waals surface area contributed by atoms with E-state index in [2.05, 4.69) is 17.1 Å². The highest BCUT2D eigenvalue weighted by Gasteiger charge is 2.25. The molecule has 2 aromatic carbocycles. The van der Waals surface area contributed by atoms with Crippen LogP contribution >= 0.6 is 0 Å². The maximum absolute atomic E-state index is 12.6. The number of nitrogens with zero attached hydrogens (tertiary/aromatic N) is 1. The molecule has 0 bridgehead atoms. The zero-order valence-corrected chi connectivity index (χ0v) is 13.8. The number of carbonyl (C=O) groups is 2. The molecule has 0 saturated carbocycles. The van der Waals surface area contributed by atoms with Crippen LogP contribution in [0.4, 0.5) is 17.1 Å². The lowest BCUT2D eigenvalue weighted by atomic mass is 10.1. The monoisotopic (exact) mass is 324 g/mol. The summed E-state index contributed by atoms with van der Waals surface area (Å²) in [6.07, 6.45) is 2.05. The third kappa shape index (κ3) is 2.85. The van der Waals surface area contributed by atoms with E-state index in [0.29, 0.717) is 16.8 Å². The number of hydrogen-bond donors (Lipinski definition) is 1. The molecule has 0 aromatic heterocycles. The van der Waals surface area contributed by atoms with Gasteiger partial charge in [-0.1, -0.05) is 25.5 Å². The lowest BCUT2D eigenvalue weighted by Crippen LogP contribution is -2.19. The smallest absolute Gasteiger partial charge is 0.337 e. The van der Waals surface area contributed by atoms with Crippen LogP contribution in [0.1, 0.15) is 40.5 Å². The second-order valence-electron chi connectivity index (χ2n) is 5.70. The third-order valence-corrected chi connectivity index (χ3v) is 4.13. The number of unbranched alkanes of at least 4 members (excludes halogenated alkanes) is 1. The molecule has 24 heavy (non-hydrogen) atoms. The van der Waals surface area contributed by atoms with Crippen molar-refractivity contribution < 1.29 is 14.3 Å². The van der Waals surface area contributed by atoms with Gasteiger partial charge in [-0.3, -0.25) is 4.79 Å². The Bertz CT molecular complexity index is 786. The van der Waals surface area contributed by atoms with Crippen LogP contribution in [0, 0.1) is 0 Å². The van der Waals surface area contributed by atoms with E-state index in [1.54, 1.807) is 12.1 Å². The van der Waals surface area contributed by atoms with Crippen LogP contribution in [0.15, 0.2) is 42.5 Å². The van der Waals surface area contributed by atoms with Gasteiger partial charge in [0.15, 0.2) is 0 Å². The van der Waals surface area contributed by atoms with Crippen molar-refractivity contribution in [2.45, 2.75) is 19.8 Å². The van der Waals surface area contributed by atoms with Gasteiger partial charge in [0, 0.05) is 6.54 Å². The number of para-hydroxylation sites is 1. The Morgan fingerprint density at radius 1 is 1.17 bits per heavy atom. The van der Waals surface area contributed by atoms with Crippen molar-refractivity contribution in [3.63, 3.8) is 0 Å². The molecule has 0 fully saturated rings. The summed E-state index contributed by atoms with van der Waals surface area (Å²) in [5.41, 5.74) is 3.43. The highest BCUT2D eigenvalue weighted by molar-refractivity contribution is 6.13. The van der Waals surface area contributed by atoms with Gasteiger partial charge in [-0.05, 0) is 36.8 Å². The van der Waals surface area contributed by atoms with Crippen molar-refractivity contribution in [2.75, 3.05) is 23.9 Å². The van der Waals surface area contributed by atoms with E-state index in [9.17, 15) is 9.59 Å². The third-order valence-electron chi connectivity index (χ3n) is 4.13. The van der Waals surface area contributed by atoms with Crippen molar-refractivity contribution in [1.82, 2.24) is 0 Å². The van der Waals surface area contributed by atoms with Gasteiger partial charge in [-0.25, -0.2) is 4.79 Å². The van der Waals surface area contributed by atoms with Crippen LogP contribution in [0.3, 0.4) is 0 Å². The number of benzene rings is 2. The topological polar surface area (TPSA) is 58.6 Å². The fourth-order valence-electron chi connectivity index (χ4n) is 2.89. The molecule has 1 aliphatic heterocycles. The Labute approximate surface area is 141 Å². The van der Waals surface area contributed by atoms with Crippen LogP contribution < -0.4 is 10.2 Å². The number of hydrogen-bond acceptors (Lipinski definition) is 4. The molecule has 0 radical (unpaired) electrons. The van der Waals surface area contributed by atoms with Gasteiger partial charge in [0.2, 0.25) is 0 Å². The lowest BCUT2D eigenvalue weighted by Gasteiger charge is -2.26. The zero-order chi connectivity index (χ0) is 17.1. The number of amides is 1. The number of rotatable bonds is 4. The first kappa shape index (κ1) is 16.1. The second kappa shape index (κ2) is 6.74. The van der Waals surface area contributed by atoms with Gasteiger partial charge in [-0.15, -0.1) is 0 Å². The van der Waals surface area contributed by atoms with Crippen LogP contribution in [-0.2, 0) is 4.74 Å². The molecule has 1 heterocycles. The molecule has 0 unspecified atom stereocenters. The first-order valence-electron chi connectivity index (χ1n) is 8.06. The van der Waals surface area contributed by atoms with Gasteiger partial charge in [0.1, 0.15) is 0 Å². The van der Waals surface area contributed by atoms with Crippen molar-refractivity contribution in [1.29, 1.82) is 0 Å². The SMILES string of the molecule is CCCCN1c2ccc(C(=O)OC)cc2NC(=O)c2ccccc21. The molecule has 5 nitrogen and oxygen atoms in total.